The number of aryl methyl sites for hydroxylation is 1. The van der Waals surface area contributed by atoms with Crippen molar-refractivity contribution in [1.29, 1.82) is 0 Å². The van der Waals surface area contributed by atoms with Gasteiger partial charge in [-0.15, -0.1) is 0 Å². The van der Waals surface area contributed by atoms with E-state index >= 15 is 0 Å². The Hall–Kier alpha value is -3.97. The second-order valence-corrected chi connectivity index (χ2v) is 10.9. The lowest BCUT2D eigenvalue weighted by molar-refractivity contribution is -0.199. The average Bonchev–Trinajstić information content (AvgIpc) is 3.57. The number of hydrogen-bond acceptors (Lipinski definition) is 7. The van der Waals surface area contributed by atoms with Gasteiger partial charge in [0.2, 0.25) is 10.0 Å². The molecule has 0 radical (unpaired) electrons. The van der Waals surface area contributed by atoms with Gasteiger partial charge in [0, 0.05) is 30.9 Å². The number of ether oxygens (including phenoxy) is 1. The highest BCUT2D eigenvalue weighted by Crippen LogP contribution is 2.32. The molecule has 0 amide bonds. The summed E-state index contributed by atoms with van der Waals surface area (Å²) in [7, 11) is -3.62. The second kappa shape index (κ2) is 10.3. The van der Waals surface area contributed by atoms with Crippen molar-refractivity contribution in [3.8, 4) is 16.9 Å². The van der Waals surface area contributed by atoms with Crippen LogP contribution in [0.25, 0.3) is 22.2 Å². The lowest BCUT2D eigenvalue weighted by Gasteiger charge is -2.15. The molecule has 0 unspecified atom stereocenters. The number of rotatable bonds is 7. The number of benzene rings is 1. The van der Waals surface area contributed by atoms with E-state index in [-0.39, 0.29) is 22.8 Å². The minimum Gasteiger partial charge on any atom is -0.485 e. The summed E-state index contributed by atoms with van der Waals surface area (Å²) in [4.78, 5) is 24.9. The number of pyridine rings is 2. The number of carbonyl (C=O) groups excluding carboxylic acids is 1. The standard InChI is InChI=1S/C26H23F3N4O5S/c1-17-23(5-4-11-30-17)37-16-19-15-22-21(10-12-31-24(22)33(19)38-25(34)26(27,28)29)18-6-8-20(9-7-18)39(35,36)32-13-2-3-14-32/h4-12,15H,2-3,13-14,16H2,1H3. The number of halogens is 3. The van der Waals surface area contributed by atoms with Crippen LogP contribution in [0.3, 0.4) is 0 Å². The molecule has 3 aromatic heterocycles. The van der Waals surface area contributed by atoms with E-state index in [1.165, 1.54) is 28.7 Å². The molecule has 0 atom stereocenters. The zero-order chi connectivity index (χ0) is 27.8. The van der Waals surface area contributed by atoms with Gasteiger partial charge in [-0.1, -0.05) is 12.1 Å². The molecule has 1 aromatic carbocycles. The molecule has 0 spiro atoms. The third kappa shape index (κ3) is 5.32. The van der Waals surface area contributed by atoms with Crippen LogP contribution >= 0.6 is 0 Å². The van der Waals surface area contributed by atoms with E-state index in [4.69, 9.17) is 9.57 Å². The predicted molar refractivity (Wildman–Crippen MR) is 134 cm³/mol. The van der Waals surface area contributed by atoms with Crippen molar-refractivity contribution < 1.29 is 36.0 Å². The topological polar surface area (TPSA) is 104 Å². The Morgan fingerprint density at radius 1 is 1.03 bits per heavy atom. The first kappa shape index (κ1) is 26.6. The van der Waals surface area contributed by atoms with Crippen molar-refractivity contribution in [2.24, 2.45) is 0 Å². The van der Waals surface area contributed by atoms with Crippen LogP contribution in [-0.2, 0) is 21.4 Å². The monoisotopic (exact) mass is 560 g/mol. The Kier molecular flexibility index (Phi) is 7.03. The van der Waals surface area contributed by atoms with Gasteiger partial charge >= 0.3 is 12.1 Å². The number of sulfonamides is 1. The van der Waals surface area contributed by atoms with Crippen molar-refractivity contribution in [2.45, 2.75) is 37.4 Å². The molecule has 1 fully saturated rings. The van der Waals surface area contributed by atoms with Crippen LogP contribution < -0.4 is 9.57 Å². The maximum Gasteiger partial charge on any atom is 0.493 e. The molecular weight excluding hydrogens is 537 g/mol. The molecular formula is C26H23F3N4O5S. The minimum absolute atomic E-state index is 0.0413. The van der Waals surface area contributed by atoms with E-state index in [1.807, 2.05) is 0 Å². The van der Waals surface area contributed by atoms with Crippen molar-refractivity contribution in [3.63, 3.8) is 0 Å². The van der Waals surface area contributed by atoms with Crippen LogP contribution in [0.2, 0.25) is 0 Å². The summed E-state index contributed by atoms with van der Waals surface area (Å²) in [5.41, 5.74) is 1.76. The summed E-state index contributed by atoms with van der Waals surface area (Å²) < 4.78 is 72.9. The Labute approximate surface area is 221 Å². The number of carbonyl (C=O) groups is 1. The predicted octanol–water partition coefficient (Wildman–Crippen LogP) is 4.29. The molecule has 0 bridgehead atoms. The number of aromatic nitrogens is 3. The summed E-state index contributed by atoms with van der Waals surface area (Å²) in [6.45, 7) is 2.41. The SMILES string of the molecule is Cc1ncccc1OCc1cc2c(-c3ccc(S(=O)(=O)N4CCCC4)cc3)ccnc2n1OC(=O)C(F)(F)F. The van der Waals surface area contributed by atoms with Gasteiger partial charge in [-0.25, -0.2) is 18.2 Å². The molecule has 1 saturated heterocycles. The van der Waals surface area contributed by atoms with Gasteiger partial charge < -0.3 is 9.57 Å². The molecule has 0 aliphatic carbocycles. The summed E-state index contributed by atoms with van der Waals surface area (Å²) in [6.07, 6.45) is -0.672. The maximum absolute atomic E-state index is 13.1. The van der Waals surface area contributed by atoms with Gasteiger partial charge in [0.1, 0.15) is 12.4 Å². The van der Waals surface area contributed by atoms with Crippen molar-refractivity contribution in [3.05, 3.63) is 72.3 Å². The summed E-state index contributed by atoms with van der Waals surface area (Å²) >= 11 is 0. The van der Waals surface area contributed by atoms with Crippen molar-refractivity contribution in [2.75, 3.05) is 13.1 Å². The first-order chi connectivity index (χ1) is 18.6. The van der Waals surface area contributed by atoms with Crippen molar-refractivity contribution >= 4 is 27.0 Å². The fraction of sp³-hybridized carbons (Fsp3) is 0.269. The van der Waals surface area contributed by atoms with Crippen LogP contribution in [0.4, 0.5) is 13.2 Å². The molecule has 39 heavy (non-hydrogen) atoms. The van der Waals surface area contributed by atoms with E-state index < -0.39 is 22.2 Å². The largest absolute Gasteiger partial charge is 0.493 e. The zero-order valence-electron chi connectivity index (χ0n) is 20.7. The van der Waals surface area contributed by atoms with E-state index in [2.05, 4.69) is 9.97 Å². The number of hydrogen-bond donors (Lipinski definition) is 0. The third-order valence-corrected chi connectivity index (χ3v) is 8.25. The highest BCUT2D eigenvalue weighted by atomic mass is 32.2. The molecule has 0 saturated carbocycles. The highest BCUT2D eigenvalue weighted by molar-refractivity contribution is 7.89. The Morgan fingerprint density at radius 2 is 1.74 bits per heavy atom. The first-order valence-corrected chi connectivity index (χ1v) is 13.4. The fourth-order valence-electron chi connectivity index (χ4n) is 4.37. The fourth-order valence-corrected chi connectivity index (χ4v) is 5.89. The van der Waals surface area contributed by atoms with Gasteiger partial charge in [-0.05, 0) is 67.3 Å². The molecule has 5 rings (SSSR count). The first-order valence-electron chi connectivity index (χ1n) is 12.0. The Balaban J connectivity index is 1.53. The van der Waals surface area contributed by atoms with E-state index in [1.54, 1.807) is 43.5 Å². The molecule has 4 aromatic rings. The summed E-state index contributed by atoms with van der Waals surface area (Å²) in [5, 5.41) is 0.379. The molecule has 0 N–H and O–H groups in total. The van der Waals surface area contributed by atoms with Gasteiger partial charge in [-0.2, -0.15) is 22.2 Å². The minimum atomic E-state index is -5.23. The van der Waals surface area contributed by atoms with Crippen LogP contribution in [-0.4, -0.2) is 52.7 Å². The second-order valence-electron chi connectivity index (χ2n) is 8.91. The van der Waals surface area contributed by atoms with Gasteiger partial charge in [0.25, 0.3) is 0 Å². The van der Waals surface area contributed by atoms with E-state index in [0.717, 1.165) is 12.8 Å². The third-order valence-electron chi connectivity index (χ3n) is 6.34. The average molecular weight is 561 g/mol. The zero-order valence-corrected chi connectivity index (χ0v) is 21.5. The molecule has 1 aliphatic heterocycles. The highest BCUT2D eigenvalue weighted by Gasteiger charge is 2.42. The molecule has 1 aliphatic rings. The van der Waals surface area contributed by atoms with E-state index in [9.17, 15) is 26.4 Å². The lowest BCUT2D eigenvalue weighted by atomic mass is 10.0. The summed E-state index contributed by atoms with van der Waals surface area (Å²) in [6, 6.07) is 12.7. The van der Waals surface area contributed by atoms with E-state index in [0.29, 0.717) is 45.8 Å². The number of nitrogens with zero attached hydrogens (tertiary/aromatic N) is 4. The van der Waals surface area contributed by atoms with Crippen molar-refractivity contribution in [1.82, 2.24) is 19.0 Å². The van der Waals surface area contributed by atoms with Crippen LogP contribution in [0.15, 0.2) is 65.8 Å². The molecule has 9 nitrogen and oxygen atoms in total. The Bertz CT molecular complexity index is 1630. The summed E-state index contributed by atoms with van der Waals surface area (Å²) in [5.74, 6) is -2.01. The molecule has 4 heterocycles. The quantitative estimate of drug-likeness (QED) is 0.332. The lowest BCUT2D eigenvalue weighted by Crippen LogP contribution is -2.34. The molecule has 13 heteroatoms. The van der Waals surface area contributed by atoms with Gasteiger partial charge in [-0.3, -0.25) is 4.98 Å². The molecule has 204 valence electrons. The van der Waals surface area contributed by atoms with Gasteiger partial charge in [0.05, 0.1) is 16.3 Å². The van der Waals surface area contributed by atoms with Crippen LogP contribution in [0.5, 0.6) is 5.75 Å². The number of fused-ring (bicyclic) bond motifs is 1. The maximum atomic E-state index is 13.1. The van der Waals surface area contributed by atoms with Gasteiger partial charge in [0.15, 0.2) is 5.65 Å². The number of alkyl halides is 3. The van der Waals surface area contributed by atoms with Crippen LogP contribution in [0, 0.1) is 6.92 Å². The smallest absolute Gasteiger partial charge is 0.485 e. The van der Waals surface area contributed by atoms with Crippen LogP contribution in [0.1, 0.15) is 24.2 Å². The Morgan fingerprint density at radius 3 is 2.41 bits per heavy atom. The normalized spacial score (nSPS) is 14.6.